The summed E-state index contributed by atoms with van der Waals surface area (Å²) in [7, 11) is 0. The highest BCUT2D eigenvalue weighted by molar-refractivity contribution is 5.91. The van der Waals surface area contributed by atoms with Crippen molar-refractivity contribution in [3.05, 3.63) is 69.0 Å². The zero-order valence-electron chi connectivity index (χ0n) is 16.4. The summed E-state index contributed by atoms with van der Waals surface area (Å²) in [6, 6.07) is 7.69. The molecule has 1 saturated carbocycles. The van der Waals surface area contributed by atoms with Crippen LogP contribution in [-0.2, 0) is 24.1 Å². The van der Waals surface area contributed by atoms with Crippen LogP contribution in [0.3, 0.4) is 0 Å². The molecule has 30 heavy (non-hydrogen) atoms. The smallest absolute Gasteiger partial charge is 0.255 e. The normalized spacial score (nSPS) is 15.6. The van der Waals surface area contributed by atoms with Gasteiger partial charge in [0.15, 0.2) is 0 Å². The Morgan fingerprint density at radius 3 is 2.73 bits per heavy atom. The van der Waals surface area contributed by atoms with Gasteiger partial charge in [0.1, 0.15) is 11.6 Å². The van der Waals surface area contributed by atoms with E-state index < -0.39 is 0 Å². The Morgan fingerprint density at radius 2 is 1.97 bits per heavy atom. The van der Waals surface area contributed by atoms with Gasteiger partial charge in [-0.25, -0.2) is 9.37 Å². The first kappa shape index (κ1) is 18.7. The highest BCUT2D eigenvalue weighted by Gasteiger charge is 2.29. The van der Waals surface area contributed by atoms with Crippen LogP contribution in [-0.4, -0.2) is 25.7 Å². The molecule has 0 aliphatic heterocycles. The van der Waals surface area contributed by atoms with Gasteiger partial charge in [0.2, 0.25) is 11.9 Å². The zero-order valence-corrected chi connectivity index (χ0v) is 16.4. The summed E-state index contributed by atoms with van der Waals surface area (Å²) in [6.07, 6.45) is 5.76. The van der Waals surface area contributed by atoms with Crippen LogP contribution in [0.1, 0.15) is 54.1 Å². The first-order valence-electron chi connectivity index (χ1n) is 10.3. The zero-order chi connectivity index (χ0) is 20.7. The van der Waals surface area contributed by atoms with Crippen molar-refractivity contribution in [2.75, 3.05) is 5.32 Å². The Balaban J connectivity index is 1.45. The van der Waals surface area contributed by atoms with Crippen LogP contribution in [0.25, 0.3) is 5.95 Å². The number of carbonyl (C=O) groups excluding carboxylic acids is 1. The van der Waals surface area contributed by atoms with E-state index in [2.05, 4.69) is 20.4 Å². The van der Waals surface area contributed by atoms with Crippen molar-refractivity contribution in [2.45, 2.75) is 50.9 Å². The number of benzene rings is 1. The molecular formula is C22H22FN5O2. The number of halogens is 1. The molecule has 1 aromatic carbocycles. The SMILES string of the molecule is O=C(Cc1ccc(F)cc1)Nc1cc(C2CC2)nn1-c1nc2c(c(=O)[nH]1)CCCC2. The maximum Gasteiger partial charge on any atom is 0.255 e. The number of H-pyrrole nitrogens is 1. The van der Waals surface area contributed by atoms with Gasteiger partial charge in [0.25, 0.3) is 5.56 Å². The highest BCUT2D eigenvalue weighted by Crippen LogP contribution is 2.40. The number of aryl methyl sites for hydroxylation is 1. The minimum Gasteiger partial charge on any atom is -0.310 e. The van der Waals surface area contributed by atoms with Crippen LogP contribution in [0.15, 0.2) is 35.1 Å². The lowest BCUT2D eigenvalue weighted by molar-refractivity contribution is -0.115. The summed E-state index contributed by atoms with van der Waals surface area (Å²) in [5.74, 6) is 0.593. The Labute approximate surface area is 172 Å². The van der Waals surface area contributed by atoms with E-state index in [0.717, 1.165) is 55.5 Å². The summed E-state index contributed by atoms with van der Waals surface area (Å²) in [4.78, 5) is 32.7. The van der Waals surface area contributed by atoms with Gasteiger partial charge in [-0.3, -0.25) is 14.6 Å². The average Bonchev–Trinajstić information content (AvgIpc) is 3.50. The summed E-state index contributed by atoms with van der Waals surface area (Å²) < 4.78 is 14.6. The second-order valence-electron chi connectivity index (χ2n) is 8.01. The Hall–Kier alpha value is -3.29. The quantitative estimate of drug-likeness (QED) is 0.680. The van der Waals surface area contributed by atoms with Crippen LogP contribution in [0, 0.1) is 5.82 Å². The van der Waals surface area contributed by atoms with E-state index >= 15 is 0 Å². The monoisotopic (exact) mass is 407 g/mol. The molecule has 1 amide bonds. The minimum absolute atomic E-state index is 0.109. The fraction of sp³-hybridized carbons (Fsp3) is 0.364. The van der Waals surface area contributed by atoms with E-state index in [9.17, 15) is 14.0 Å². The van der Waals surface area contributed by atoms with Crippen LogP contribution >= 0.6 is 0 Å². The molecule has 3 aromatic rings. The Kier molecular flexibility index (Phi) is 4.69. The van der Waals surface area contributed by atoms with Gasteiger partial charge in [0, 0.05) is 17.5 Å². The first-order chi connectivity index (χ1) is 14.6. The predicted octanol–water partition coefficient (Wildman–Crippen LogP) is 3.03. The molecule has 2 aromatic heterocycles. The summed E-state index contributed by atoms with van der Waals surface area (Å²) in [5.41, 5.74) is 3.02. The molecule has 2 heterocycles. The molecule has 5 rings (SSSR count). The molecule has 0 bridgehead atoms. The van der Waals surface area contributed by atoms with Gasteiger partial charge in [-0.2, -0.15) is 9.78 Å². The third kappa shape index (κ3) is 3.77. The number of aromatic amines is 1. The molecule has 2 N–H and O–H groups in total. The van der Waals surface area contributed by atoms with Crippen LogP contribution in [0.5, 0.6) is 0 Å². The fourth-order valence-corrected chi connectivity index (χ4v) is 3.89. The lowest BCUT2D eigenvalue weighted by atomic mass is 9.97. The number of nitrogens with one attached hydrogen (secondary N) is 2. The molecule has 2 aliphatic carbocycles. The average molecular weight is 407 g/mol. The lowest BCUT2D eigenvalue weighted by Crippen LogP contribution is -2.25. The van der Waals surface area contributed by atoms with Crippen LogP contribution < -0.4 is 10.9 Å². The fourth-order valence-electron chi connectivity index (χ4n) is 3.89. The van der Waals surface area contributed by atoms with Crippen molar-refractivity contribution in [1.82, 2.24) is 19.7 Å². The molecule has 0 atom stereocenters. The topological polar surface area (TPSA) is 92.7 Å². The molecule has 0 radical (unpaired) electrons. The van der Waals surface area contributed by atoms with E-state index in [1.54, 1.807) is 12.1 Å². The van der Waals surface area contributed by atoms with Gasteiger partial charge in [-0.05, 0) is 56.2 Å². The summed E-state index contributed by atoms with van der Waals surface area (Å²) in [6.45, 7) is 0. The van der Waals surface area contributed by atoms with Gasteiger partial charge >= 0.3 is 0 Å². The van der Waals surface area contributed by atoms with Gasteiger partial charge in [-0.15, -0.1) is 0 Å². The van der Waals surface area contributed by atoms with Crippen molar-refractivity contribution in [1.29, 1.82) is 0 Å². The number of carbonyl (C=O) groups is 1. The van der Waals surface area contributed by atoms with Crippen molar-refractivity contribution in [3.63, 3.8) is 0 Å². The number of aromatic nitrogens is 4. The maximum absolute atomic E-state index is 13.1. The number of fused-ring (bicyclic) bond motifs is 1. The predicted molar refractivity (Wildman–Crippen MR) is 109 cm³/mol. The molecule has 0 unspecified atom stereocenters. The third-order valence-corrected chi connectivity index (χ3v) is 5.65. The lowest BCUT2D eigenvalue weighted by Gasteiger charge is -2.15. The number of rotatable bonds is 5. The molecule has 154 valence electrons. The number of hydrogen-bond acceptors (Lipinski definition) is 4. The molecule has 0 spiro atoms. The number of anilines is 1. The largest absolute Gasteiger partial charge is 0.310 e. The second-order valence-corrected chi connectivity index (χ2v) is 8.01. The summed E-state index contributed by atoms with van der Waals surface area (Å²) >= 11 is 0. The highest BCUT2D eigenvalue weighted by atomic mass is 19.1. The van der Waals surface area contributed by atoms with Crippen LogP contribution in [0.2, 0.25) is 0 Å². The van der Waals surface area contributed by atoms with Crippen LogP contribution in [0.4, 0.5) is 10.2 Å². The standard InChI is InChI=1S/C22H22FN5O2/c23-15-9-5-13(6-10-15)11-20(29)25-19-12-18(14-7-8-14)27-28(19)22-24-17-4-2-1-3-16(17)21(30)26-22/h5-6,9-10,12,14H,1-4,7-8,11H2,(H,25,29)(H,24,26,30). The van der Waals surface area contributed by atoms with E-state index in [1.165, 1.54) is 16.8 Å². The first-order valence-corrected chi connectivity index (χ1v) is 10.3. The van der Waals surface area contributed by atoms with Crippen molar-refractivity contribution >= 4 is 11.7 Å². The van der Waals surface area contributed by atoms with E-state index in [0.29, 0.717) is 23.2 Å². The van der Waals surface area contributed by atoms with Gasteiger partial charge in [0.05, 0.1) is 17.8 Å². The maximum atomic E-state index is 13.1. The number of amides is 1. The minimum atomic E-state index is -0.339. The van der Waals surface area contributed by atoms with Gasteiger partial charge < -0.3 is 5.32 Å². The Morgan fingerprint density at radius 1 is 1.20 bits per heavy atom. The van der Waals surface area contributed by atoms with E-state index in [-0.39, 0.29) is 23.7 Å². The molecule has 2 aliphatic rings. The Bertz CT molecular complexity index is 1160. The van der Waals surface area contributed by atoms with Crippen molar-refractivity contribution in [3.8, 4) is 5.95 Å². The molecule has 1 fully saturated rings. The van der Waals surface area contributed by atoms with Gasteiger partial charge in [-0.1, -0.05) is 12.1 Å². The second kappa shape index (κ2) is 7.51. The summed E-state index contributed by atoms with van der Waals surface area (Å²) in [5, 5.41) is 7.50. The number of nitrogens with zero attached hydrogens (tertiary/aromatic N) is 3. The molecule has 7 nitrogen and oxygen atoms in total. The molecule has 0 saturated heterocycles. The number of hydrogen-bond donors (Lipinski definition) is 2. The van der Waals surface area contributed by atoms with E-state index in [4.69, 9.17) is 0 Å². The molecule has 8 heteroatoms. The third-order valence-electron chi connectivity index (χ3n) is 5.65. The van der Waals surface area contributed by atoms with Crippen molar-refractivity contribution < 1.29 is 9.18 Å². The van der Waals surface area contributed by atoms with E-state index in [1.807, 2.05) is 6.07 Å². The van der Waals surface area contributed by atoms with Crippen molar-refractivity contribution in [2.24, 2.45) is 0 Å². The molecular weight excluding hydrogens is 385 g/mol.